The molecule has 0 bridgehead atoms. The summed E-state index contributed by atoms with van der Waals surface area (Å²) >= 11 is 5.40. The molecule has 1 atom stereocenters. The van der Waals surface area contributed by atoms with E-state index in [0.29, 0.717) is 41.6 Å². The minimum Gasteiger partial charge on any atom is -0.549 e. The monoisotopic (exact) mass is 1090 g/mol. The second-order valence-corrected chi connectivity index (χ2v) is 15.2. The molecule has 0 spiro atoms. The standard InChI is InChI=1S/C39H51BF2N8O12S.5K/c41-40(42)49-13-5-6-29(49)17-30-18-32(20-50(30)40)62-26-33(51)43-11-3-1-2-4-12-44-39(63)45-28-9-7-27(8-10-28)16-31(48(24-37(58)59)25-38(60)61)19-46(21-34(52)53)14-15-47(22-35(54)55)23-36(56)57;;;;;/h5-10,13,17-18,20,31H,1-4,11-12,14-16,19,21-26H2,(H,43,51)(H,52,53)(H,54,55)(H,56,57)(H,58,59)(H,60,61)(H2,44,45,63);;;;;/q;5*+1/p-5. The molecule has 2 aliphatic heterocycles. The number of aliphatic carboxylic acids is 5. The first kappa shape index (κ1) is 72.0. The van der Waals surface area contributed by atoms with Crippen LogP contribution in [-0.4, -0.2) is 156 Å². The first-order valence-corrected chi connectivity index (χ1v) is 20.3. The third-order valence-electron chi connectivity index (χ3n) is 9.84. The second kappa shape index (κ2) is 37.7. The maximum atomic E-state index is 14.9. The van der Waals surface area contributed by atoms with Gasteiger partial charge in [-0.05, 0) is 49.2 Å². The number of unbranched alkanes of at least 4 members (excludes halogenated alkanes) is 3. The van der Waals surface area contributed by atoms with Crippen LogP contribution in [0, 0.1) is 0 Å². The van der Waals surface area contributed by atoms with Crippen molar-refractivity contribution >= 4 is 78.0 Å². The molecule has 1 amide bonds. The van der Waals surface area contributed by atoms with Crippen LogP contribution in [0.25, 0.3) is 6.08 Å². The van der Waals surface area contributed by atoms with Crippen molar-refractivity contribution in [3.8, 4) is 5.75 Å². The molecule has 0 saturated heterocycles. The Kier molecular flexibility index (Phi) is 39.9. The molecule has 68 heavy (non-hydrogen) atoms. The number of fused-ring (bicyclic) bond motifs is 2. The molecule has 0 radical (unpaired) electrons. The number of nitrogens with zero attached hydrogens (tertiary/aromatic N) is 5. The van der Waals surface area contributed by atoms with E-state index in [1.165, 1.54) is 23.4 Å². The van der Waals surface area contributed by atoms with E-state index in [4.69, 9.17) is 17.0 Å². The van der Waals surface area contributed by atoms with E-state index >= 15 is 0 Å². The van der Waals surface area contributed by atoms with Crippen molar-refractivity contribution in [1.82, 2.24) is 29.8 Å². The number of halogens is 2. The van der Waals surface area contributed by atoms with Gasteiger partial charge in [-0.2, -0.15) is 0 Å². The van der Waals surface area contributed by atoms with E-state index in [-0.39, 0.29) is 307 Å². The van der Waals surface area contributed by atoms with Crippen LogP contribution in [0.1, 0.15) is 36.9 Å². The van der Waals surface area contributed by atoms with Gasteiger partial charge < -0.3 is 87.8 Å². The van der Waals surface area contributed by atoms with Crippen LogP contribution in [0.4, 0.5) is 14.3 Å². The van der Waals surface area contributed by atoms with E-state index in [1.54, 1.807) is 42.5 Å². The number of allylic oxidation sites excluding steroid dienone is 2. The molecule has 1 aromatic heterocycles. The van der Waals surface area contributed by atoms with Crippen molar-refractivity contribution < 1.29 is 329 Å². The van der Waals surface area contributed by atoms with Crippen molar-refractivity contribution in [3.05, 3.63) is 65.6 Å². The van der Waals surface area contributed by atoms with E-state index in [9.17, 15) is 62.9 Å². The van der Waals surface area contributed by atoms with Crippen molar-refractivity contribution in [3.63, 3.8) is 0 Å². The molecule has 3 heterocycles. The molecule has 4 rings (SSSR count). The second-order valence-electron chi connectivity index (χ2n) is 14.8. The van der Waals surface area contributed by atoms with Gasteiger partial charge in [0.2, 0.25) is 0 Å². The number of carbonyl (C=O) groups is 6. The Labute approximate surface area is 610 Å². The molecule has 1 unspecified atom stereocenters. The summed E-state index contributed by atoms with van der Waals surface area (Å²) < 4.78 is 37.0. The van der Waals surface area contributed by atoms with E-state index in [2.05, 4.69) is 16.0 Å². The zero-order chi connectivity index (χ0) is 46.1. The number of hydrogen-bond acceptors (Lipinski definition) is 16. The summed E-state index contributed by atoms with van der Waals surface area (Å²) in [5, 5.41) is 66.2. The summed E-state index contributed by atoms with van der Waals surface area (Å²) in [4.78, 5) is 72.5. The van der Waals surface area contributed by atoms with Crippen LogP contribution < -0.4 is 303 Å². The molecule has 0 aliphatic carbocycles. The fourth-order valence-electron chi connectivity index (χ4n) is 6.97. The molecule has 0 fully saturated rings. The zero-order valence-corrected chi connectivity index (χ0v) is 55.5. The summed E-state index contributed by atoms with van der Waals surface area (Å²) in [6.45, 7) is -8.26. The fourth-order valence-corrected chi connectivity index (χ4v) is 7.19. The SMILES string of the molecule is O=C([O-])CN(CCN(CC(=O)[O-])CC(Cc1ccc(NC(=S)NCCCCCCNC(=O)COc2cc3n(c2)[B-](F)(F)[N+]2=CC=CC2=C3)cc1)N(CC(=O)[O-])CC(=O)[O-])CC(=O)[O-].[K+].[K+].[K+].[K+].[K+]. The minimum atomic E-state index is -4.06. The third-order valence-corrected chi connectivity index (χ3v) is 10.1. The Hall–Kier alpha value is 1.95. The topological polar surface area (TPSA) is 281 Å². The molecule has 29 heteroatoms. The van der Waals surface area contributed by atoms with Crippen molar-refractivity contribution in [2.45, 2.75) is 38.1 Å². The average molecular weight is 1100 g/mol. The van der Waals surface area contributed by atoms with Gasteiger partial charge in [0.25, 0.3) is 5.91 Å². The quantitative estimate of drug-likeness (QED) is 0.0388. The predicted octanol–water partition coefficient (Wildman–Crippen LogP) is -20.7. The number of thiocarbonyl (C=S) groups is 1. The fraction of sp³-hybridized carbons (Fsp3) is 0.436. The van der Waals surface area contributed by atoms with Crippen LogP contribution in [0.2, 0.25) is 0 Å². The number of aromatic nitrogens is 1. The number of ether oxygens (including phenoxy) is 1. The van der Waals surface area contributed by atoms with Gasteiger partial charge in [0.15, 0.2) is 17.4 Å². The van der Waals surface area contributed by atoms with Gasteiger partial charge in [-0.3, -0.25) is 19.5 Å². The van der Waals surface area contributed by atoms with Crippen LogP contribution in [0.5, 0.6) is 5.75 Å². The third kappa shape index (κ3) is 26.6. The Morgan fingerprint density at radius 1 is 0.750 bits per heavy atom. The van der Waals surface area contributed by atoms with Crippen molar-refractivity contribution in [2.24, 2.45) is 0 Å². The molecule has 20 nitrogen and oxygen atoms in total. The van der Waals surface area contributed by atoms with Crippen LogP contribution in [-0.2, 0) is 35.2 Å². The van der Waals surface area contributed by atoms with Crippen LogP contribution in [0.3, 0.4) is 0 Å². The first-order valence-electron chi connectivity index (χ1n) is 19.9. The molecule has 2 aliphatic rings. The molecule has 342 valence electrons. The van der Waals surface area contributed by atoms with Gasteiger partial charge in [-0.1, -0.05) is 25.0 Å². The Balaban J connectivity index is 0. The largest absolute Gasteiger partial charge is 1.00 e. The minimum absolute atomic E-state index is 0. The molecule has 0 saturated carbocycles. The average Bonchev–Trinajstić information content (AvgIpc) is 3.85. The summed E-state index contributed by atoms with van der Waals surface area (Å²) in [6.07, 6.45) is 10.4. The Bertz CT molecular complexity index is 2080. The number of amides is 1. The van der Waals surface area contributed by atoms with Gasteiger partial charge in [0, 0.05) is 113 Å². The predicted molar refractivity (Wildman–Crippen MR) is 216 cm³/mol. The van der Waals surface area contributed by atoms with E-state index < -0.39 is 75.6 Å². The Morgan fingerprint density at radius 2 is 1.28 bits per heavy atom. The number of benzene rings is 1. The number of hydrogen-bond donors (Lipinski definition) is 3. The number of nitrogens with one attached hydrogen (secondary N) is 3. The van der Waals surface area contributed by atoms with E-state index in [0.717, 1.165) is 38.0 Å². The Morgan fingerprint density at radius 3 is 1.84 bits per heavy atom. The maximum absolute atomic E-state index is 14.9. The molecule has 3 N–H and O–H groups in total. The normalized spacial score (nSPS) is 13.0. The van der Waals surface area contributed by atoms with Crippen molar-refractivity contribution in [2.75, 3.05) is 77.4 Å². The summed E-state index contributed by atoms with van der Waals surface area (Å²) in [5.74, 6) is -8.18. The smallest absolute Gasteiger partial charge is 0.549 e. The number of carboxylic acids is 5. The summed E-state index contributed by atoms with van der Waals surface area (Å²) in [5.41, 5.74) is 1.83. The molecule has 2 aromatic rings. The number of anilines is 1. The van der Waals surface area contributed by atoms with Crippen LogP contribution in [0.15, 0.2) is 54.4 Å². The van der Waals surface area contributed by atoms with Crippen molar-refractivity contribution in [1.29, 1.82) is 0 Å². The van der Waals surface area contributed by atoms with E-state index in [1.807, 2.05) is 0 Å². The van der Waals surface area contributed by atoms with Gasteiger partial charge in [-0.15, -0.1) is 0 Å². The maximum Gasteiger partial charge on any atom is 1.00 e. The molecular weight excluding hydrogens is 1050 g/mol. The van der Waals surface area contributed by atoms with Gasteiger partial charge >= 0.3 is 264 Å². The summed E-state index contributed by atoms with van der Waals surface area (Å²) in [6, 6.07) is 7.15. The molecule has 1 aromatic carbocycles. The summed E-state index contributed by atoms with van der Waals surface area (Å²) in [7, 11) is 0. The number of carbonyl (C=O) groups excluding carboxylic acids is 6. The number of rotatable bonds is 29. The molecular formula is C39H46BF2K5N8O12S. The van der Waals surface area contributed by atoms with Crippen LogP contribution >= 0.6 is 12.2 Å². The van der Waals surface area contributed by atoms with Gasteiger partial charge in [0.1, 0.15) is 12.0 Å². The zero-order valence-electron chi connectivity index (χ0n) is 39.0. The van der Waals surface area contributed by atoms with Gasteiger partial charge in [-0.25, -0.2) is 0 Å². The van der Waals surface area contributed by atoms with Gasteiger partial charge in [0.05, 0.1) is 29.8 Å². The number of carboxylic acid groups (broad SMARTS) is 5. The first-order chi connectivity index (χ1) is 29.9.